The van der Waals surface area contributed by atoms with E-state index < -0.39 is 5.91 Å². The van der Waals surface area contributed by atoms with Gasteiger partial charge in [0.05, 0.1) is 12.5 Å². The molecule has 1 heterocycles. The van der Waals surface area contributed by atoms with Gasteiger partial charge in [0.15, 0.2) is 0 Å². The average Bonchev–Trinajstić information content (AvgIpc) is 3.37. The molecule has 26 heavy (non-hydrogen) atoms. The van der Waals surface area contributed by atoms with E-state index in [-0.39, 0.29) is 17.4 Å². The van der Waals surface area contributed by atoms with Crippen LogP contribution < -0.4 is 10.9 Å². The van der Waals surface area contributed by atoms with Gasteiger partial charge in [0.25, 0.3) is 5.91 Å². The number of nitrogens with one attached hydrogen (secondary N) is 2. The molecule has 2 aliphatic rings. The number of carbonyl (C=O) groups is 2. The fourth-order valence-electron chi connectivity index (χ4n) is 4.38. The minimum atomic E-state index is -0.465. The maximum absolute atomic E-state index is 13.1. The number of aromatic nitrogens is 2. The van der Waals surface area contributed by atoms with Crippen molar-refractivity contribution in [1.82, 2.24) is 20.4 Å². The van der Waals surface area contributed by atoms with Crippen molar-refractivity contribution >= 4 is 11.8 Å². The van der Waals surface area contributed by atoms with Crippen LogP contribution in [0.4, 0.5) is 4.39 Å². The summed E-state index contributed by atoms with van der Waals surface area (Å²) in [5.74, 6) is 0.916. The molecule has 3 atom stereocenters. The summed E-state index contributed by atoms with van der Waals surface area (Å²) >= 11 is 0. The van der Waals surface area contributed by atoms with Crippen molar-refractivity contribution in [2.24, 2.45) is 17.8 Å². The van der Waals surface area contributed by atoms with E-state index in [9.17, 15) is 14.0 Å². The Bertz CT molecular complexity index is 817. The molecule has 1 aromatic carbocycles. The van der Waals surface area contributed by atoms with Gasteiger partial charge in [-0.1, -0.05) is 6.42 Å². The molecule has 2 aromatic rings. The molecule has 2 bridgehead atoms. The van der Waals surface area contributed by atoms with E-state index in [4.69, 9.17) is 0 Å². The molecular weight excluding hydrogens is 335 g/mol. The van der Waals surface area contributed by atoms with Crippen LogP contribution in [0.3, 0.4) is 0 Å². The van der Waals surface area contributed by atoms with Crippen molar-refractivity contribution in [2.75, 3.05) is 0 Å². The predicted molar refractivity (Wildman–Crippen MR) is 92.7 cm³/mol. The van der Waals surface area contributed by atoms with Crippen LogP contribution in [-0.2, 0) is 4.79 Å². The smallest absolute Gasteiger partial charge is 0.288 e. The van der Waals surface area contributed by atoms with Gasteiger partial charge in [-0.25, -0.2) is 9.37 Å². The topological polar surface area (TPSA) is 76.0 Å². The zero-order valence-corrected chi connectivity index (χ0v) is 14.3. The van der Waals surface area contributed by atoms with Crippen LogP contribution in [0.15, 0.2) is 36.8 Å². The SMILES string of the molecule is O=C(C[C@H]1C[C@@H]2CC[C@@H]1C2)NNC(=O)c1cncn1-c1ccc(F)cc1. The summed E-state index contributed by atoms with van der Waals surface area (Å²) in [6.07, 6.45) is 8.24. The fraction of sp³-hybridized carbons (Fsp3) is 0.421. The molecular formula is C19H21FN4O2. The van der Waals surface area contributed by atoms with Gasteiger partial charge in [0, 0.05) is 12.1 Å². The van der Waals surface area contributed by atoms with Crippen LogP contribution in [0.1, 0.15) is 42.6 Å². The summed E-state index contributed by atoms with van der Waals surface area (Å²) in [4.78, 5) is 28.5. The number of hydrazine groups is 1. The first-order chi connectivity index (χ1) is 12.6. The zero-order valence-electron chi connectivity index (χ0n) is 14.3. The second-order valence-corrected chi connectivity index (χ2v) is 7.27. The lowest BCUT2D eigenvalue weighted by atomic mass is 9.86. The Morgan fingerprint density at radius 3 is 2.65 bits per heavy atom. The molecule has 136 valence electrons. The number of hydrogen-bond acceptors (Lipinski definition) is 3. The van der Waals surface area contributed by atoms with Gasteiger partial charge >= 0.3 is 0 Å². The number of carbonyl (C=O) groups excluding carboxylic acids is 2. The normalized spacial score (nSPS) is 23.8. The van der Waals surface area contributed by atoms with E-state index in [2.05, 4.69) is 15.8 Å². The molecule has 2 aliphatic carbocycles. The van der Waals surface area contributed by atoms with Crippen molar-refractivity contribution in [3.05, 3.63) is 48.3 Å². The van der Waals surface area contributed by atoms with Crippen molar-refractivity contribution in [3.63, 3.8) is 0 Å². The monoisotopic (exact) mass is 356 g/mol. The van der Waals surface area contributed by atoms with Crippen LogP contribution in [0.5, 0.6) is 0 Å². The second kappa shape index (κ2) is 6.90. The summed E-state index contributed by atoms with van der Waals surface area (Å²) in [5, 5.41) is 0. The Morgan fingerprint density at radius 2 is 1.96 bits per heavy atom. The van der Waals surface area contributed by atoms with Crippen LogP contribution in [0.25, 0.3) is 5.69 Å². The summed E-state index contributed by atoms with van der Waals surface area (Å²) in [7, 11) is 0. The summed E-state index contributed by atoms with van der Waals surface area (Å²) < 4.78 is 14.6. The van der Waals surface area contributed by atoms with Gasteiger partial charge in [0.2, 0.25) is 5.91 Å². The van der Waals surface area contributed by atoms with Gasteiger partial charge in [-0.15, -0.1) is 0 Å². The lowest BCUT2D eigenvalue weighted by Crippen LogP contribution is -2.43. The van der Waals surface area contributed by atoms with Crippen LogP contribution in [-0.4, -0.2) is 21.4 Å². The third kappa shape index (κ3) is 3.34. The van der Waals surface area contributed by atoms with E-state index in [0.29, 0.717) is 23.9 Å². The van der Waals surface area contributed by atoms with Gasteiger partial charge in [0.1, 0.15) is 11.5 Å². The zero-order chi connectivity index (χ0) is 18.1. The number of hydrogen-bond donors (Lipinski definition) is 2. The third-order valence-electron chi connectivity index (χ3n) is 5.62. The second-order valence-electron chi connectivity index (χ2n) is 7.27. The maximum atomic E-state index is 13.1. The fourth-order valence-corrected chi connectivity index (χ4v) is 4.38. The van der Waals surface area contributed by atoms with Crippen molar-refractivity contribution in [1.29, 1.82) is 0 Å². The molecule has 7 heteroatoms. The lowest BCUT2D eigenvalue weighted by Gasteiger charge is -2.20. The van der Waals surface area contributed by atoms with Crippen LogP contribution in [0.2, 0.25) is 0 Å². The predicted octanol–water partition coefficient (Wildman–Crippen LogP) is 2.60. The number of nitrogens with zero attached hydrogens (tertiary/aromatic N) is 2. The lowest BCUT2D eigenvalue weighted by molar-refractivity contribution is -0.123. The molecule has 0 spiro atoms. The van der Waals surface area contributed by atoms with Crippen molar-refractivity contribution < 1.29 is 14.0 Å². The molecule has 2 amide bonds. The van der Waals surface area contributed by atoms with Gasteiger partial charge in [-0.3, -0.25) is 25.0 Å². The standard InChI is InChI=1S/C19H21FN4O2/c20-15-3-5-16(6-4-15)24-11-21-10-17(24)19(26)23-22-18(25)9-14-8-12-1-2-13(14)7-12/h3-6,10-14H,1-2,7-9H2,(H,22,25)(H,23,26)/t12-,13-,14-/m1/s1. The average molecular weight is 356 g/mol. The Balaban J connectivity index is 1.34. The number of imidazole rings is 1. The number of amides is 2. The molecule has 2 N–H and O–H groups in total. The Labute approximate surface area is 150 Å². The Hall–Kier alpha value is -2.70. The minimum absolute atomic E-state index is 0.163. The molecule has 6 nitrogen and oxygen atoms in total. The largest absolute Gasteiger partial charge is 0.295 e. The van der Waals surface area contributed by atoms with Gasteiger partial charge in [-0.2, -0.15) is 0 Å². The highest BCUT2D eigenvalue weighted by molar-refractivity contribution is 5.94. The first kappa shape index (κ1) is 16.8. The third-order valence-corrected chi connectivity index (χ3v) is 5.62. The van der Waals surface area contributed by atoms with Gasteiger partial charge < -0.3 is 0 Å². The highest BCUT2D eigenvalue weighted by atomic mass is 19.1. The van der Waals surface area contributed by atoms with E-state index in [0.717, 1.165) is 12.3 Å². The van der Waals surface area contributed by atoms with Crippen molar-refractivity contribution in [2.45, 2.75) is 32.1 Å². The van der Waals surface area contributed by atoms with Crippen molar-refractivity contribution in [3.8, 4) is 5.69 Å². The van der Waals surface area contributed by atoms with Crippen LogP contribution >= 0.6 is 0 Å². The van der Waals surface area contributed by atoms with Gasteiger partial charge in [-0.05, 0) is 61.3 Å². The van der Waals surface area contributed by atoms with E-state index in [1.807, 2.05) is 0 Å². The molecule has 1 aromatic heterocycles. The Kier molecular flexibility index (Phi) is 4.44. The summed E-state index contributed by atoms with van der Waals surface area (Å²) in [6, 6.07) is 5.74. The molecule has 2 fully saturated rings. The first-order valence-corrected chi connectivity index (χ1v) is 8.97. The van der Waals surface area contributed by atoms with E-state index in [1.165, 1.54) is 48.5 Å². The number of rotatable bonds is 4. The quantitative estimate of drug-likeness (QED) is 0.827. The number of benzene rings is 1. The van der Waals surface area contributed by atoms with Crippen LogP contribution in [0, 0.1) is 23.6 Å². The molecule has 2 saturated carbocycles. The van der Waals surface area contributed by atoms with E-state index in [1.54, 1.807) is 12.1 Å². The first-order valence-electron chi connectivity index (χ1n) is 8.97. The summed E-state index contributed by atoms with van der Waals surface area (Å²) in [5.41, 5.74) is 5.83. The molecule has 4 rings (SSSR count). The molecule has 0 unspecified atom stereocenters. The maximum Gasteiger partial charge on any atom is 0.288 e. The van der Waals surface area contributed by atoms with E-state index >= 15 is 0 Å². The highest BCUT2D eigenvalue weighted by Gasteiger charge is 2.40. The number of fused-ring (bicyclic) bond motifs is 2. The number of halogens is 1. The minimum Gasteiger partial charge on any atom is -0.295 e. The molecule has 0 saturated heterocycles. The molecule has 0 radical (unpaired) electrons. The summed E-state index contributed by atoms with van der Waals surface area (Å²) in [6.45, 7) is 0. The molecule has 0 aliphatic heterocycles. The highest BCUT2D eigenvalue weighted by Crippen LogP contribution is 2.49. The Morgan fingerprint density at radius 1 is 1.15 bits per heavy atom.